The predicted molar refractivity (Wildman–Crippen MR) is 114 cm³/mol. The number of rotatable bonds is 11. The number of hydrogen-bond acceptors (Lipinski definition) is 8. The van der Waals surface area contributed by atoms with Gasteiger partial charge in [0.2, 0.25) is 5.91 Å². The van der Waals surface area contributed by atoms with Crippen molar-refractivity contribution in [2.45, 2.75) is 56.7 Å². The molecule has 1 aliphatic heterocycles. The normalized spacial score (nSPS) is 20.6. The Labute approximate surface area is 192 Å². The first-order valence-corrected chi connectivity index (χ1v) is 10.6. The van der Waals surface area contributed by atoms with Crippen molar-refractivity contribution < 1.29 is 37.7 Å². The Balaban J connectivity index is 1.74. The van der Waals surface area contributed by atoms with Gasteiger partial charge < -0.3 is 31.3 Å². The number of anilines is 1. The zero-order valence-corrected chi connectivity index (χ0v) is 18.3. The molecule has 0 aromatic carbocycles. The monoisotopic (exact) mass is 491 g/mol. The van der Waals surface area contributed by atoms with Gasteiger partial charge in [-0.3, -0.25) is 14.2 Å². The quantitative estimate of drug-likeness (QED) is 0.266. The average molecular weight is 491 g/mol. The molecule has 3 atom stereocenters. The lowest BCUT2D eigenvalue weighted by Gasteiger charge is -2.15. The number of amides is 2. The summed E-state index contributed by atoms with van der Waals surface area (Å²) in [5.74, 6) is -2.27. The number of aliphatic hydroxyl groups is 2. The fourth-order valence-corrected chi connectivity index (χ4v) is 3.22. The van der Waals surface area contributed by atoms with E-state index in [0.29, 0.717) is 24.8 Å². The summed E-state index contributed by atoms with van der Waals surface area (Å²) in [5, 5.41) is 23.5. The molecule has 0 bridgehead atoms. The minimum absolute atomic E-state index is 0.0290. The second-order valence-corrected chi connectivity index (χ2v) is 7.66. The molecule has 0 radical (unpaired) electrons. The van der Waals surface area contributed by atoms with Crippen LogP contribution < -0.4 is 22.1 Å². The molecule has 1 saturated heterocycles. The van der Waals surface area contributed by atoms with E-state index in [2.05, 4.69) is 10.3 Å². The van der Waals surface area contributed by atoms with Crippen LogP contribution in [-0.4, -0.2) is 69.7 Å². The van der Waals surface area contributed by atoms with Crippen molar-refractivity contribution in [3.05, 3.63) is 28.3 Å². The third-order valence-corrected chi connectivity index (χ3v) is 5.04. The van der Waals surface area contributed by atoms with E-state index in [-0.39, 0.29) is 37.7 Å². The lowest BCUT2D eigenvalue weighted by Crippen LogP contribution is -2.37. The molecule has 2 amide bonds. The average Bonchev–Trinajstić information content (AvgIpc) is 3.14. The van der Waals surface area contributed by atoms with Gasteiger partial charge in [-0.2, -0.15) is 18.2 Å². The van der Waals surface area contributed by atoms with Gasteiger partial charge in [0.15, 0.2) is 0 Å². The van der Waals surface area contributed by atoms with Crippen molar-refractivity contribution in [3.8, 4) is 0 Å². The van der Waals surface area contributed by atoms with Crippen LogP contribution in [0, 0.1) is 0 Å². The van der Waals surface area contributed by atoms with E-state index in [4.69, 9.17) is 10.5 Å². The highest BCUT2D eigenvalue weighted by Gasteiger charge is 2.38. The van der Waals surface area contributed by atoms with Crippen LogP contribution in [0.2, 0.25) is 0 Å². The first kappa shape index (κ1) is 27.3. The van der Waals surface area contributed by atoms with Crippen LogP contribution in [0.3, 0.4) is 0 Å². The minimum Gasteiger partial charge on any atom is -0.394 e. The summed E-state index contributed by atoms with van der Waals surface area (Å²) in [7, 11) is 0. The fraction of sp³-hybridized carbons (Fsp3) is 0.600. The number of carbonyl (C=O) groups is 2. The Kier molecular flexibility index (Phi) is 10.0. The van der Waals surface area contributed by atoms with Crippen LogP contribution in [0.1, 0.15) is 43.9 Å². The number of halogens is 3. The van der Waals surface area contributed by atoms with Crippen LogP contribution in [-0.2, 0) is 14.3 Å². The maximum Gasteiger partial charge on any atom is 0.471 e. The highest BCUT2D eigenvalue weighted by atomic mass is 19.4. The van der Waals surface area contributed by atoms with Crippen LogP contribution in [0.4, 0.5) is 19.0 Å². The molecule has 34 heavy (non-hydrogen) atoms. The maximum atomic E-state index is 12.1. The minimum atomic E-state index is -4.90. The van der Waals surface area contributed by atoms with Gasteiger partial charge in [0.25, 0.3) is 0 Å². The van der Waals surface area contributed by atoms with Crippen LogP contribution in [0.5, 0.6) is 0 Å². The Morgan fingerprint density at radius 1 is 1.29 bits per heavy atom. The summed E-state index contributed by atoms with van der Waals surface area (Å²) in [6.07, 6.45) is -1.37. The number of nitrogens with zero attached hydrogens (tertiary/aromatic N) is 2. The molecule has 190 valence electrons. The largest absolute Gasteiger partial charge is 0.471 e. The Bertz CT molecular complexity index is 936. The van der Waals surface area contributed by atoms with Gasteiger partial charge in [0, 0.05) is 37.7 Å². The molecule has 2 rings (SSSR count). The van der Waals surface area contributed by atoms with Crippen molar-refractivity contribution in [1.82, 2.24) is 20.2 Å². The van der Waals surface area contributed by atoms with Crippen molar-refractivity contribution in [1.29, 1.82) is 0 Å². The third kappa shape index (κ3) is 8.11. The highest BCUT2D eigenvalue weighted by Crippen LogP contribution is 2.28. The van der Waals surface area contributed by atoms with Gasteiger partial charge in [-0.15, -0.1) is 0 Å². The molecular weight excluding hydrogens is 463 g/mol. The van der Waals surface area contributed by atoms with Crippen LogP contribution >= 0.6 is 0 Å². The standard InChI is InChI=1S/C20H28F3N5O6/c21-20(22,23)18(32)26-7-3-1-2-6-15(31)25-8-4-5-12-10-28(19(33)27-17(12)24)16-9-13(30)14(11-29)34-16/h4-5,10,13-14,16,29-30H,1-3,6-9,11H2,(H,25,31)(H,26,32)(H2,24,27,33)/t13-,14+,16+/m0/s1. The second kappa shape index (κ2) is 12.5. The van der Waals surface area contributed by atoms with E-state index in [1.165, 1.54) is 10.8 Å². The molecular formula is C20H28F3N5O6. The summed E-state index contributed by atoms with van der Waals surface area (Å²) in [4.78, 5) is 38.4. The zero-order valence-electron chi connectivity index (χ0n) is 18.3. The summed E-state index contributed by atoms with van der Waals surface area (Å²) >= 11 is 0. The van der Waals surface area contributed by atoms with Gasteiger partial charge in [0.1, 0.15) is 18.1 Å². The number of aromatic nitrogens is 2. The van der Waals surface area contributed by atoms with E-state index in [1.807, 2.05) is 0 Å². The Hall–Kier alpha value is -2.97. The molecule has 1 fully saturated rings. The number of ether oxygens (including phenoxy) is 1. The van der Waals surface area contributed by atoms with E-state index in [1.54, 1.807) is 17.5 Å². The van der Waals surface area contributed by atoms with E-state index in [0.717, 1.165) is 0 Å². The molecule has 0 saturated carbocycles. The zero-order chi connectivity index (χ0) is 25.3. The third-order valence-electron chi connectivity index (χ3n) is 5.04. The Morgan fingerprint density at radius 3 is 2.68 bits per heavy atom. The van der Waals surface area contributed by atoms with E-state index >= 15 is 0 Å². The smallest absolute Gasteiger partial charge is 0.394 e. The number of nitrogen functional groups attached to an aromatic ring is 1. The topological polar surface area (TPSA) is 169 Å². The van der Waals surface area contributed by atoms with Gasteiger partial charge in [-0.05, 0) is 12.8 Å². The van der Waals surface area contributed by atoms with Gasteiger partial charge in [0.05, 0.1) is 12.7 Å². The second-order valence-electron chi connectivity index (χ2n) is 7.66. The molecule has 0 aliphatic carbocycles. The fourth-order valence-electron chi connectivity index (χ4n) is 3.22. The maximum absolute atomic E-state index is 12.1. The Morgan fingerprint density at radius 2 is 2.03 bits per heavy atom. The van der Waals surface area contributed by atoms with Gasteiger partial charge in [-0.1, -0.05) is 18.6 Å². The summed E-state index contributed by atoms with van der Waals surface area (Å²) in [6, 6.07) is 0. The first-order valence-electron chi connectivity index (χ1n) is 10.6. The molecule has 0 unspecified atom stereocenters. The van der Waals surface area contributed by atoms with Gasteiger partial charge in [-0.25, -0.2) is 4.79 Å². The molecule has 2 heterocycles. The number of alkyl halides is 3. The number of aliphatic hydroxyl groups excluding tert-OH is 2. The molecule has 14 heteroatoms. The van der Waals surface area contributed by atoms with Crippen molar-refractivity contribution >= 4 is 23.7 Å². The van der Waals surface area contributed by atoms with Crippen LogP contribution in [0.15, 0.2) is 17.1 Å². The van der Waals surface area contributed by atoms with Crippen molar-refractivity contribution in [2.75, 3.05) is 25.4 Å². The predicted octanol–water partition coefficient (Wildman–Crippen LogP) is -0.165. The first-order chi connectivity index (χ1) is 16.0. The van der Waals surface area contributed by atoms with E-state index < -0.39 is 42.8 Å². The molecule has 6 N–H and O–H groups in total. The highest BCUT2D eigenvalue weighted by molar-refractivity contribution is 5.81. The molecule has 1 aliphatic rings. The number of unbranched alkanes of at least 4 members (excludes halogenated alkanes) is 2. The van der Waals surface area contributed by atoms with Crippen molar-refractivity contribution in [3.63, 3.8) is 0 Å². The van der Waals surface area contributed by atoms with Crippen LogP contribution in [0.25, 0.3) is 6.08 Å². The molecule has 1 aromatic heterocycles. The number of hydrogen-bond donors (Lipinski definition) is 5. The van der Waals surface area contributed by atoms with E-state index in [9.17, 15) is 37.8 Å². The van der Waals surface area contributed by atoms with Gasteiger partial charge >= 0.3 is 17.8 Å². The SMILES string of the molecule is Nc1nc(=O)n([C@H]2C[C@H](O)[C@@H](CO)O2)cc1C=CCNC(=O)CCCCCNC(=O)C(F)(F)F. The lowest BCUT2D eigenvalue weighted by molar-refractivity contribution is -0.173. The number of carbonyl (C=O) groups excluding carboxylic acids is 2. The number of nitrogens with one attached hydrogen (secondary N) is 2. The van der Waals surface area contributed by atoms with Crippen molar-refractivity contribution in [2.24, 2.45) is 0 Å². The number of nitrogens with two attached hydrogens (primary N) is 1. The molecule has 1 aromatic rings. The molecule has 0 spiro atoms. The molecule has 11 nitrogen and oxygen atoms in total. The summed E-state index contributed by atoms with van der Waals surface area (Å²) < 4.78 is 42.7. The summed E-state index contributed by atoms with van der Waals surface area (Å²) in [5.41, 5.74) is 5.50. The lowest BCUT2D eigenvalue weighted by atomic mass is 10.2. The summed E-state index contributed by atoms with van der Waals surface area (Å²) in [6.45, 7) is -0.355.